The standard InChI is InChI=1S/C17H16N2O3/c1-17(20,13-4-3-9-18-11-13)16-10-15(19-22-16)12-5-7-14(21-2)8-6-12/h3-11,20H,1-2H3/t17-/m1/s1. The molecule has 0 aliphatic carbocycles. The van der Waals surface area contributed by atoms with Gasteiger partial charge in [0.15, 0.2) is 5.76 Å². The van der Waals surface area contributed by atoms with Crippen molar-refractivity contribution >= 4 is 0 Å². The molecule has 3 aromatic rings. The molecule has 0 radical (unpaired) electrons. The predicted octanol–water partition coefficient (Wildman–Crippen LogP) is 3.00. The van der Waals surface area contributed by atoms with E-state index in [1.165, 1.54) is 0 Å². The topological polar surface area (TPSA) is 68.4 Å². The number of ether oxygens (including phenoxy) is 1. The van der Waals surface area contributed by atoms with Gasteiger partial charge in [-0.3, -0.25) is 4.98 Å². The summed E-state index contributed by atoms with van der Waals surface area (Å²) >= 11 is 0. The second-order valence-electron chi connectivity index (χ2n) is 5.12. The zero-order valence-corrected chi connectivity index (χ0v) is 12.4. The van der Waals surface area contributed by atoms with Gasteiger partial charge in [0.25, 0.3) is 0 Å². The van der Waals surface area contributed by atoms with E-state index in [-0.39, 0.29) is 0 Å². The summed E-state index contributed by atoms with van der Waals surface area (Å²) in [5.74, 6) is 1.14. The first-order valence-electron chi connectivity index (χ1n) is 6.86. The van der Waals surface area contributed by atoms with Gasteiger partial charge in [0.1, 0.15) is 17.0 Å². The van der Waals surface area contributed by atoms with E-state index in [1.807, 2.05) is 24.3 Å². The normalized spacial score (nSPS) is 13.6. The van der Waals surface area contributed by atoms with Crippen LogP contribution in [0.3, 0.4) is 0 Å². The molecule has 1 atom stereocenters. The lowest BCUT2D eigenvalue weighted by Crippen LogP contribution is -2.22. The molecular formula is C17H16N2O3. The first-order valence-corrected chi connectivity index (χ1v) is 6.86. The van der Waals surface area contributed by atoms with Crippen molar-refractivity contribution < 1.29 is 14.4 Å². The third-order valence-corrected chi connectivity index (χ3v) is 3.60. The lowest BCUT2D eigenvalue weighted by atomic mass is 9.94. The van der Waals surface area contributed by atoms with Crippen LogP contribution in [0.2, 0.25) is 0 Å². The fourth-order valence-corrected chi connectivity index (χ4v) is 2.20. The summed E-state index contributed by atoms with van der Waals surface area (Å²) in [5, 5.41) is 14.7. The largest absolute Gasteiger partial charge is 0.497 e. The van der Waals surface area contributed by atoms with Crippen molar-refractivity contribution in [1.82, 2.24) is 10.1 Å². The van der Waals surface area contributed by atoms with Crippen LogP contribution in [0.1, 0.15) is 18.2 Å². The van der Waals surface area contributed by atoms with E-state index in [0.717, 1.165) is 11.3 Å². The molecule has 22 heavy (non-hydrogen) atoms. The van der Waals surface area contributed by atoms with Gasteiger partial charge in [-0.05, 0) is 37.3 Å². The van der Waals surface area contributed by atoms with E-state index in [1.54, 1.807) is 44.6 Å². The summed E-state index contributed by atoms with van der Waals surface area (Å²) in [7, 11) is 1.62. The molecule has 0 amide bonds. The number of rotatable bonds is 4. The van der Waals surface area contributed by atoms with Crippen LogP contribution in [-0.2, 0) is 5.60 Å². The highest BCUT2D eigenvalue weighted by atomic mass is 16.5. The number of aliphatic hydroxyl groups is 1. The second kappa shape index (κ2) is 5.61. The molecule has 5 nitrogen and oxygen atoms in total. The molecule has 0 fully saturated rings. The molecule has 3 rings (SSSR count). The van der Waals surface area contributed by atoms with E-state index in [4.69, 9.17) is 9.26 Å². The van der Waals surface area contributed by atoms with Crippen LogP contribution in [0, 0.1) is 0 Å². The van der Waals surface area contributed by atoms with Crippen molar-refractivity contribution in [2.75, 3.05) is 7.11 Å². The molecule has 1 aromatic carbocycles. The summed E-state index contributed by atoms with van der Waals surface area (Å²) in [5.41, 5.74) is 0.901. The van der Waals surface area contributed by atoms with E-state index in [0.29, 0.717) is 17.0 Å². The molecule has 2 aromatic heterocycles. The Balaban J connectivity index is 1.93. The van der Waals surface area contributed by atoms with Crippen molar-refractivity contribution in [1.29, 1.82) is 0 Å². The maximum atomic E-state index is 10.7. The fourth-order valence-electron chi connectivity index (χ4n) is 2.20. The van der Waals surface area contributed by atoms with E-state index in [9.17, 15) is 5.11 Å². The lowest BCUT2D eigenvalue weighted by molar-refractivity contribution is 0.0691. The predicted molar refractivity (Wildman–Crippen MR) is 81.4 cm³/mol. The SMILES string of the molecule is COc1ccc(-c2cc([C@](C)(O)c3cccnc3)on2)cc1. The average molecular weight is 296 g/mol. The van der Waals surface area contributed by atoms with Crippen LogP contribution in [-0.4, -0.2) is 22.4 Å². The molecular weight excluding hydrogens is 280 g/mol. The molecule has 5 heteroatoms. The maximum absolute atomic E-state index is 10.7. The van der Waals surface area contributed by atoms with Gasteiger partial charge in [-0.25, -0.2) is 0 Å². The third-order valence-electron chi connectivity index (χ3n) is 3.60. The first kappa shape index (κ1) is 14.3. The molecule has 0 aliphatic rings. The minimum absolute atomic E-state index is 0.367. The van der Waals surface area contributed by atoms with Crippen LogP contribution in [0.15, 0.2) is 59.4 Å². The van der Waals surface area contributed by atoms with Crippen molar-refractivity contribution in [3.05, 3.63) is 66.2 Å². The van der Waals surface area contributed by atoms with Gasteiger partial charge in [-0.2, -0.15) is 0 Å². The monoisotopic (exact) mass is 296 g/mol. The zero-order chi connectivity index (χ0) is 15.6. The molecule has 0 bridgehead atoms. The summed E-state index contributed by atoms with van der Waals surface area (Å²) in [6.07, 6.45) is 3.26. The molecule has 112 valence electrons. The van der Waals surface area contributed by atoms with Gasteiger partial charge in [0, 0.05) is 29.6 Å². The van der Waals surface area contributed by atoms with Crippen molar-refractivity contribution in [3.63, 3.8) is 0 Å². The number of aromatic nitrogens is 2. The maximum Gasteiger partial charge on any atom is 0.173 e. The highest BCUT2D eigenvalue weighted by molar-refractivity contribution is 5.60. The summed E-state index contributed by atoms with van der Waals surface area (Å²) < 4.78 is 10.5. The Kier molecular flexibility index (Phi) is 3.65. The fraction of sp³-hybridized carbons (Fsp3) is 0.176. The minimum Gasteiger partial charge on any atom is -0.497 e. The number of nitrogens with zero attached hydrogens (tertiary/aromatic N) is 2. The number of methoxy groups -OCH3 is 1. The van der Waals surface area contributed by atoms with Crippen LogP contribution in [0.4, 0.5) is 0 Å². The molecule has 2 heterocycles. The molecule has 0 unspecified atom stereocenters. The number of benzene rings is 1. The molecule has 0 saturated carbocycles. The van der Waals surface area contributed by atoms with Crippen molar-refractivity contribution in [2.24, 2.45) is 0 Å². The van der Waals surface area contributed by atoms with Crippen LogP contribution in [0.5, 0.6) is 5.75 Å². The summed E-state index contributed by atoms with van der Waals surface area (Å²) in [6.45, 7) is 1.66. The van der Waals surface area contributed by atoms with Crippen molar-refractivity contribution in [3.8, 4) is 17.0 Å². The Bertz CT molecular complexity index is 749. The Morgan fingerprint density at radius 1 is 1.18 bits per heavy atom. The first-order chi connectivity index (χ1) is 10.6. The number of pyridine rings is 1. The van der Waals surface area contributed by atoms with Crippen LogP contribution in [0.25, 0.3) is 11.3 Å². The smallest absolute Gasteiger partial charge is 0.173 e. The van der Waals surface area contributed by atoms with E-state index >= 15 is 0 Å². The Morgan fingerprint density at radius 2 is 1.95 bits per heavy atom. The molecule has 0 aliphatic heterocycles. The van der Waals surface area contributed by atoms with Gasteiger partial charge in [-0.15, -0.1) is 0 Å². The zero-order valence-electron chi connectivity index (χ0n) is 12.4. The van der Waals surface area contributed by atoms with Crippen LogP contribution < -0.4 is 4.74 Å². The van der Waals surface area contributed by atoms with Crippen LogP contribution >= 0.6 is 0 Å². The van der Waals surface area contributed by atoms with Crippen molar-refractivity contribution in [2.45, 2.75) is 12.5 Å². The van der Waals surface area contributed by atoms with Gasteiger partial charge in [0.05, 0.1) is 7.11 Å². The van der Waals surface area contributed by atoms with E-state index in [2.05, 4.69) is 10.1 Å². The average Bonchev–Trinajstić information content (AvgIpc) is 3.06. The summed E-state index contributed by atoms with van der Waals surface area (Å²) in [4.78, 5) is 4.02. The van der Waals surface area contributed by atoms with E-state index < -0.39 is 5.60 Å². The quantitative estimate of drug-likeness (QED) is 0.801. The minimum atomic E-state index is -1.29. The Morgan fingerprint density at radius 3 is 2.59 bits per heavy atom. The van der Waals surface area contributed by atoms with Gasteiger partial charge < -0.3 is 14.4 Å². The highest BCUT2D eigenvalue weighted by Crippen LogP contribution is 2.31. The second-order valence-corrected chi connectivity index (χ2v) is 5.12. The Hall–Kier alpha value is -2.66. The molecule has 0 saturated heterocycles. The Labute approximate surface area is 128 Å². The molecule has 0 spiro atoms. The van der Waals surface area contributed by atoms with Gasteiger partial charge in [0.2, 0.25) is 0 Å². The third kappa shape index (κ3) is 2.58. The lowest BCUT2D eigenvalue weighted by Gasteiger charge is -2.19. The van der Waals surface area contributed by atoms with Gasteiger partial charge >= 0.3 is 0 Å². The highest BCUT2D eigenvalue weighted by Gasteiger charge is 2.30. The molecule has 1 N–H and O–H groups in total. The number of hydrogen-bond acceptors (Lipinski definition) is 5. The number of hydrogen-bond donors (Lipinski definition) is 1. The van der Waals surface area contributed by atoms with Gasteiger partial charge in [-0.1, -0.05) is 11.2 Å². The summed E-state index contributed by atoms with van der Waals surface area (Å²) in [6, 6.07) is 12.8.